The van der Waals surface area contributed by atoms with Gasteiger partial charge < -0.3 is 5.11 Å². The molecule has 1 N–H and O–H groups in total. The number of hydrogen-bond donors (Lipinski definition) is 1. The summed E-state index contributed by atoms with van der Waals surface area (Å²) < 4.78 is 0. The lowest BCUT2D eigenvalue weighted by Gasteiger charge is -2.10. The summed E-state index contributed by atoms with van der Waals surface area (Å²) in [5.74, 6) is 1.51. The molecular formula is C16H15NOS. The van der Waals surface area contributed by atoms with Crippen molar-refractivity contribution in [2.45, 2.75) is 11.9 Å². The molecule has 0 spiro atoms. The summed E-state index contributed by atoms with van der Waals surface area (Å²) in [6.45, 7) is 0. The van der Waals surface area contributed by atoms with Crippen molar-refractivity contribution in [1.29, 1.82) is 5.26 Å². The first-order valence-electron chi connectivity index (χ1n) is 6.09. The molecule has 0 aliphatic heterocycles. The molecule has 2 nitrogen and oxygen atoms in total. The number of aliphatic hydroxyl groups is 1. The van der Waals surface area contributed by atoms with Crippen molar-refractivity contribution >= 4 is 11.8 Å². The largest absolute Gasteiger partial charge is 0.388 e. The van der Waals surface area contributed by atoms with Crippen molar-refractivity contribution in [2.75, 3.05) is 5.75 Å². The lowest BCUT2D eigenvalue weighted by Crippen LogP contribution is -2.00. The summed E-state index contributed by atoms with van der Waals surface area (Å²) in [5, 5.41) is 18.7. The van der Waals surface area contributed by atoms with Gasteiger partial charge in [-0.05, 0) is 23.3 Å². The minimum Gasteiger partial charge on any atom is -0.388 e. The molecule has 2 aromatic carbocycles. The van der Waals surface area contributed by atoms with Gasteiger partial charge in [0.2, 0.25) is 0 Å². The molecule has 1 atom stereocenters. The van der Waals surface area contributed by atoms with Crippen molar-refractivity contribution in [3.63, 3.8) is 0 Å². The highest BCUT2D eigenvalue weighted by Gasteiger charge is 2.06. The van der Waals surface area contributed by atoms with Gasteiger partial charge in [-0.15, -0.1) is 0 Å². The predicted molar refractivity (Wildman–Crippen MR) is 78.7 cm³/mol. The van der Waals surface area contributed by atoms with E-state index in [1.54, 1.807) is 11.8 Å². The van der Waals surface area contributed by atoms with E-state index in [9.17, 15) is 5.11 Å². The normalized spacial score (nSPS) is 11.8. The van der Waals surface area contributed by atoms with Crippen LogP contribution in [0.5, 0.6) is 0 Å². The number of nitrogens with zero attached hydrogens (tertiary/aromatic N) is 1. The molecule has 0 radical (unpaired) electrons. The van der Waals surface area contributed by atoms with Crippen LogP contribution in [0.4, 0.5) is 0 Å². The van der Waals surface area contributed by atoms with Crippen LogP contribution in [0.25, 0.3) is 0 Å². The molecule has 96 valence electrons. The van der Waals surface area contributed by atoms with Gasteiger partial charge in [0.15, 0.2) is 0 Å². The summed E-state index contributed by atoms with van der Waals surface area (Å²) in [6, 6.07) is 19.4. The first kappa shape index (κ1) is 13.7. The second kappa shape index (κ2) is 6.98. The standard InChI is InChI=1S/C16H15NOS/c17-10-13-6-8-14(9-7-13)11-19-12-16(18)15-4-2-1-3-5-15/h1-9,16,18H,11-12H2/t16-/m0/s1. The summed E-state index contributed by atoms with van der Waals surface area (Å²) in [7, 11) is 0. The highest BCUT2D eigenvalue weighted by molar-refractivity contribution is 7.98. The van der Waals surface area contributed by atoms with Crippen molar-refractivity contribution in [3.05, 3.63) is 71.3 Å². The molecular weight excluding hydrogens is 254 g/mol. The van der Waals surface area contributed by atoms with E-state index in [0.29, 0.717) is 11.3 Å². The van der Waals surface area contributed by atoms with Crippen LogP contribution in [0.15, 0.2) is 54.6 Å². The van der Waals surface area contributed by atoms with E-state index in [0.717, 1.165) is 11.3 Å². The first-order valence-corrected chi connectivity index (χ1v) is 7.25. The zero-order valence-electron chi connectivity index (χ0n) is 10.5. The minimum absolute atomic E-state index is 0.426. The lowest BCUT2D eigenvalue weighted by atomic mass is 10.1. The van der Waals surface area contributed by atoms with Crippen LogP contribution in [0, 0.1) is 11.3 Å². The molecule has 0 aromatic heterocycles. The van der Waals surface area contributed by atoms with E-state index in [1.807, 2.05) is 54.6 Å². The van der Waals surface area contributed by atoms with Crippen LogP contribution >= 0.6 is 11.8 Å². The molecule has 0 fully saturated rings. The Labute approximate surface area is 117 Å². The molecule has 0 saturated heterocycles. The third kappa shape index (κ3) is 4.13. The molecule has 3 heteroatoms. The predicted octanol–water partition coefficient (Wildman–Crippen LogP) is 3.53. The SMILES string of the molecule is N#Cc1ccc(CSC[C@H](O)c2ccccc2)cc1. The molecule has 0 bridgehead atoms. The lowest BCUT2D eigenvalue weighted by molar-refractivity contribution is 0.204. The van der Waals surface area contributed by atoms with Crippen molar-refractivity contribution < 1.29 is 5.11 Å². The third-order valence-electron chi connectivity index (χ3n) is 2.81. The van der Waals surface area contributed by atoms with E-state index in [1.165, 1.54) is 5.56 Å². The van der Waals surface area contributed by atoms with Gasteiger partial charge in [0.25, 0.3) is 0 Å². The van der Waals surface area contributed by atoms with Gasteiger partial charge >= 0.3 is 0 Å². The van der Waals surface area contributed by atoms with E-state index in [2.05, 4.69) is 6.07 Å². The van der Waals surface area contributed by atoms with E-state index in [-0.39, 0.29) is 0 Å². The summed E-state index contributed by atoms with van der Waals surface area (Å²) in [5.41, 5.74) is 2.80. The van der Waals surface area contributed by atoms with Crippen LogP contribution in [-0.4, -0.2) is 10.9 Å². The molecule has 0 saturated carbocycles. The molecule has 0 aliphatic carbocycles. The number of nitriles is 1. The smallest absolute Gasteiger partial charge is 0.0991 e. The van der Waals surface area contributed by atoms with Crippen LogP contribution in [-0.2, 0) is 5.75 Å². The summed E-state index contributed by atoms with van der Waals surface area (Å²) in [4.78, 5) is 0. The molecule has 0 unspecified atom stereocenters. The van der Waals surface area contributed by atoms with Gasteiger partial charge in [0.1, 0.15) is 0 Å². The van der Waals surface area contributed by atoms with Crippen LogP contribution in [0.1, 0.15) is 22.8 Å². The Bertz CT molecular complexity index is 545. The highest BCUT2D eigenvalue weighted by Crippen LogP contribution is 2.21. The minimum atomic E-state index is -0.426. The Balaban J connectivity index is 1.81. The number of rotatable bonds is 5. The molecule has 0 amide bonds. The Hall–Kier alpha value is -1.76. The van der Waals surface area contributed by atoms with Crippen molar-refractivity contribution in [2.24, 2.45) is 0 Å². The van der Waals surface area contributed by atoms with Crippen LogP contribution in [0.3, 0.4) is 0 Å². The average molecular weight is 269 g/mol. The Morgan fingerprint density at radius 3 is 2.37 bits per heavy atom. The maximum atomic E-state index is 10.0. The van der Waals surface area contributed by atoms with E-state index < -0.39 is 6.10 Å². The maximum absolute atomic E-state index is 10.0. The summed E-state index contributed by atoms with van der Waals surface area (Å²) >= 11 is 1.69. The number of hydrogen-bond acceptors (Lipinski definition) is 3. The van der Waals surface area contributed by atoms with Gasteiger partial charge in [-0.3, -0.25) is 0 Å². The molecule has 19 heavy (non-hydrogen) atoms. The highest BCUT2D eigenvalue weighted by atomic mass is 32.2. The Kier molecular flexibility index (Phi) is 5.02. The fraction of sp³-hybridized carbons (Fsp3) is 0.188. The van der Waals surface area contributed by atoms with Crippen molar-refractivity contribution in [1.82, 2.24) is 0 Å². The molecule has 2 rings (SSSR count). The van der Waals surface area contributed by atoms with E-state index in [4.69, 9.17) is 5.26 Å². The fourth-order valence-corrected chi connectivity index (χ4v) is 2.70. The second-order valence-electron chi connectivity index (χ2n) is 4.25. The molecule has 0 aliphatic rings. The number of benzene rings is 2. The van der Waals surface area contributed by atoms with Gasteiger partial charge in [-0.25, -0.2) is 0 Å². The van der Waals surface area contributed by atoms with Gasteiger partial charge in [-0.1, -0.05) is 42.5 Å². The maximum Gasteiger partial charge on any atom is 0.0991 e. The number of thioether (sulfide) groups is 1. The summed E-state index contributed by atoms with van der Waals surface area (Å²) in [6.07, 6.45) is -0.426. The zero-order valence-corrected chi connectivity index (χ0v) is 11.3. The van der Waals surface area contributed by atoms with Crippen molar-refractivity contribution in [3.8, 4) is 6.07 Å². The van der Waals surface area contributed by atoms with Crippen LogP contribution < -0.4 is 0 Å². The zero-order chi connectivity index (χ0) is 13.5. The Morgan fingerprint density at radius 2 is 1.74 bits per heavy atom. The molecule has 2 aromatic rings. The average Bonchev–Trinajstić information content (AvgIpc) is 2.49. The quantitative estimate of drug-likeness (QED) is 0.903. The van der Waals surface area contributed by atoms with Gasteiger partial charge in [-0.2, -0.15) is 17.0 Å². The van der Waals surface area contributed by atoms with Gasteiger partial charge in [0.05, 0.1) is 17.7 Å². The Morgan fingerprint density at radius 1 is 1.05 bits per heavy atom. The fourth-order valence-electron chi connectivity index (χ4n) is 1.74. The van der Waals surface area contributed by atoms with Gasteiger partial charge in [0, 0.05) is 11.5 Å². The topological polar surface area (TPSA) is 44.0 Å². The van der Waals surface area contributed by atoms with Crippen LogP contribution in [0.2, 0.25) is 0 Å². The monoisotopic (exact) mass is 269 g/mol. The van der Waals surface area contributed by atoms with E-state index >= 15 is 0 Å². The third-order valence-corrected chi connectivity index (χ3v) is 3.90. The number of aliphatic hydroxyl groups excluding tert-OH is 1. The first-order chi connectivity index (χ1) is 9.29. The second-order valence-corrected chi connectivity index (χ2v) is 5.28. The molecule has 0 heterocycles.